The Bertz CT molecular complexity index is 784. The lowest BCUT2D eigenvalue weighted by atomic mass is 10.1. The highest BCUT2D eigenvalue weighted by atomic mass is 16.5. The molecular formula is C21H25N3O2. The fraction of sp³-hybridized carbons (Fsp3) is 0.333. The van der Waals surface area contributed by atoms with E-state index in [4.69, 9.17) is 10.00 Å². The molecular weight excluding hydrogens is 326 g/mol. The summed E-state index contributed by atoms with van der Waals surface area (Å²) < 4.78 is 5.64. The first-order chi connectivity index (χ1) is 12.4. The number of benzene rings is 2. The van der Waals surface area contributed by atoms with Crippen LogP contribution in [0.3, 0.4) is 0 Å². The normalized spacial score (nSPS) is 10.5. The zero-order chi connectivity index (χ0) is 19.1. The van der Waals surface area contributed by atoms with Crippen molar-refractivity contribution in [3.63, 3.8) is 0 Å². The van der Waals surface area contributed by atoms with Crippen molar-refractivity contribution in [3.8, 4) is 11.8 Å². The first kappa shape index (κ1) is 19.5. The van der Waals surface area contributed by atoms with E-state index < -0.39 is 0 Å². The molecule has 0 fully saturated rings. The molecule has 0 bridgehead atoms. The summed E-state index contributed by atoms with van der Waals surface area (Å²) in [6.07, 6.45) is 0. The van der Waals surface area contributed by atoms with Crippen LogP contribution in [-0.4, -0.2) is 37.6 Å². The average Bonchev–Trinajstić information content (AvgIpc) is 2.58. The molecule has 0 saturated carbocycles. The van der Waals surface area contributed by atoms with Crippen LogP contribution in [0.2, 0.25) is 0 Å². The molecule has 1 amide bonds. The monoisotopic (exact) mass is 351 g/mol. The van der Waals surface area contributed by atoms with Crippen LogP contribution in [-0.2, 0) is 4.79 Å². The third-order valence-corrected chi connectivity index (χ3v) is 4.08. The van der Waals surface area contributed by atoms with Gasteiger partial charge in [0.1, 0.15) is 12.4 Å². The van der Waals surface area contributed by atoms with Crippen molar-refractivity contribution < 1.29 is 9.53 Å². The van der Waals surface area contributed by atoms with E-state index >= 15 is 0 Å². The molecule has 0 spiro atoms. The average molecular weight is 351 g/mol. The maximum Gasteiger partial charge on any atom is 0.238 e. The Labute approximate surface area is 155 Å². The lowest BCUT2D eigenvalue weighted by Crippen LogP contribution is -2.33. The molecule has 136 valence electrons. The Balaban J connectivity index is 1.79. The van der Waals surface area contributed by atoms with E-state index in [2.05, 4.69) is 23.5 Å². The van der Waals surface area contributed by atoms with Gasteiger partial charge in [0, 0.05) is 12.2 Å². The maximum atomic E-state index is 12.3. The Morgan fingerprint density at radius 3 is 2.35 bits per heavy atom. The summed E-state index contributed by atoms with van der Waals surface area (Å²) in [5.74, 6) is 0.675. The molecule has 0 aliphatic rings. The first-order valence-electron chi connectivity index (χ1n) is 8.58. The molecule has 26 heavy (non-hydrogen) atoms. The SMILES string of the molecule is Cc1cc(C)c(NC(=O)CN(C)CCOc2ccc(C#N)cc2)c(C)c1. The summed E-state index contributed by atoms with van der Waals surface area (Å²) in [4.78, 5) is 14.2. The van der Waals surface area contributed by atoms with Gasteiger partial charge in [-0.3, -0.25) is 9.69 Å². The van der Waals surface area contributed by atoms with E-state index in [1.54, 1.807) is 24.3 Å². The summed E-state index contributed by atoms with van der Waals surface area (Å²) in [5, 5.41) is 11.8. The molecule has 2 rings (SSSR count). The number of carbonyl (C=O) groups excluding carboxylic acids is 1. The summed E-state index contributed by atoms with van der Waals surface area (Å²) in [6, 6.07) is 13.2. The zero-order valence-corrected chi connectivity index (χ0v) is 15.8. The van der Waals surface area contributed by atoms with Gasteiger partial charge in [0.2, 0.25) is 5.91 Å². The van der Waals surface area contributed by atoms with Crippen LogP contribution in [0.5, 0.6) is 5.75 Å². The van der Waals surface area contributed by atoms with Crippen molar-refractivity contribution in [2.24, 2.45) is 0 Å². The Hall–Kier alpha value is -2.84. The van der Waals surface area contributed by atoms with E-state index in [0.29, 0.717) is 31.0 Å². The number of rotatable bonds is 7. The van der Waals surface area contributed by atoms with Crippen LogP contribution in [0.1, 0.15) is 22.3 Å². The smallest absolute Gasteiger partial charge is 0.238 e. The van der Waals surface area contributed by atoms with Crippen LogP contribution in [0, 0.1) is 32.1 Å². The number of likely N-dealkylation sites (N-methyl/N-ethyl adjacent to an activating group) is 1. The van der Waals surface area contributed by atoms with Crippen LogP contribution in [0.15, 0.2) is 36.4 Å². The second-order valence-corrected chi connectivity index (χ2v) is 6.54. The molecule has 0 heterocycles. The molecule has 0 radical (unpaired) electrons. The van der Waals surface area contributed by atoms with Crippen LogP contribution in [0.25, 0.3) is 0 Å². The Morgan fingerprint density at radius 2 is 1.77 bits per heavy atom. The second kappa shape index (κ2) is 9.02. The van der Waals surface area contributed by atoms with Gasteiger partial charge in [-0.25, -0.2) is 0 Å². The van der Waals surface area contributed by atoms with Gasteiger partial charge in [0.15, 0.2) is 0 Å². The molecule has 2 aromatic rings. The van der Waals surface area contributed by atoms with E-state index in [0.717, 1.165) is 16.8 Å². The van der Waals surface area contributed by atoms with Gasteiger partial charge in [0.25, 0.3) is 0 Å². The summed E-state index contributed by atoms with van der Waals surface area (Å²) in [6.45, 7) is 7.45. The number of anilines is 1. The number of nitrogens with zero attached hydrogens (tertiary/aromatic N) is 2. The number of hydrogen-bond donors (Lipinski definition) is 1. The summed E-state index contributed by atoms with van der Waals surface area (Å²) in [5.41, 5.74) is 4.83. The van der Waals surface area contributed by atoms with Gasteiger partial charge in [-0.05, 0) is 63.2 Å². The fourth-order valence-electron chi connectivity index (χ4n) is 2.83. The number of carbonyl (C=O) groups is 1. The third-order valence-electron chi connectivity index (χ3n) is 4.08. The van der Waals surface area contributed by atoms with Gasteiger partial charge in [-0.15, -0.1) is 0 Å². The fourth-order valence-corrected chi connectivity index (χ4v) is 2.83. The topological polar surface area (TPSA) is 65.4 Å². The van der Waals surface area contributed by atoms with Gasteiger partial charge in [-0.2, -0.15) is 5.26 Å². The largest absolute Gasteiger partial charge is 0.492 e. The maximum absolute atomic E-state index is 12.3. The molecule has 5 heteroatoms. The van der Waals surface area contributed by atoms with E-state index in [-0.39, 0.29) is 5.91 Å². The summed E-state index contributed by atoms with van der Waals surface area (Å²) >= 11 is 0. The minimum absolute atomic E-state index is 0.0408. The molecule has 0 aromatic heterocycles. The standard InChI is InChI=1S/C21H25N3O2/c1-15-11-16(2)21(17(3)12-15)23-20(25)14-24(4)9-10-26-19-7-5-18(13-22)6-8-19/h5-8,11-12H,9-10,14H2,1-4H3,(H,23,25). The van der Waals surface area contributed by atoms with Crippen molar-refractivity contribution in [1.29, 1.82) is 5.26 Å². The van der Waals surface area contributed by atoms with Crippen molar-refractivity contribution >= 4 is 11.6 Å². The molecule has 0 saturated heterocycles. The van der Waals surface area contributed by atoms with Crippen molar-refractivity contribution in [2.75, 3.05) is 32.1 Å². The van der Waals surface area contributed by atoms with Gasteiger partial charge in [0.05, 0.1) is 18.2 Å². The molecule has 0 unspecified atom stereocenters. The van der Waals surface area contributed by atoms with E-state index in [1.807, 2.05) is 32.7 Å². The van der Waals surface area contributed by atoms with Crippen LogP contribution in [0.4, 0.5) is 5.69 Å². The highest BCUT2D eigenvalue weighted by Gasteiger charge is 2.10. The molecule has 5 nitrogen and oxygen atoms in total. The third kappa shape index (κ3) is 5.61. The lowest BCUT2D eigenvalue weighted by molar-refractivity contribution is -0.117. The van der Waals surface area contributed by atoms with Crippen LogP contribution < -0.4 is 10.1 Å². The summed E-state index contributed by atoms with van der Waals surface area (Å²) in [7, 11) is 1.89. The predicted molar refractivity (Wildman–Crippen MR) is 103 cm³/mol. The highest BCUT2D eigenvalue weighted by Crippen LogP contribution is 2.21. The zero-order valence-electron chi connectivity index (χ0n) is 15.8. The van der Waals surface area contributed by atoms with Gasteiger partial charge >= 0.3 is 0 Å². The minimum Gasteiger partial charge on any atom is -0.492 e. The molecule has 2 aromatic carbocycles. The Kier molecular flexibility index (Phi) is 6.76. The van der Waals surface area contributed by atoms with E-state index in [9.17, 15) is 4.79 Å². The van der Waals surface area contributed by atoms with E-state index in [1.165, 1.54) is 5.56 Å². The van der Waals surface area contributed by atoms with Gasteiger partial charge in [-0.1, -0.05) is 17.7 Å². The molecule has 0 aliphatic carbocycles. The Morgan fingerprint density at radius 1 is 1.15 bits per heavy atom. The van der Waals surface area contributed by atoms with Crippen LogP contribution >= 0.6 is 0 Å². The lowest BCUT2D eigenvalue weighted by Gasteiger charge is -2.18. The molecule has 0 atom stereocenters. The number of aryl methyl sites for hydroxylation is 3. The first-order valence-corrected chi connectivity index (χ1v) is 8.58. The minimum atomic E-state index is -0.0408. The number of nitriles is 1. The number of amides is 1. The molecule has 0 aliphatic heterocycles. The molecule has 1 N–H and O–H groups in total. The van der Waals surface area contributed by atoms with Crippen molar-refractivity contribution in [2.45, 2.75) is 20.8 Å². The predicted octanol–water partition coefficient (Wildman–Crippen LogP) is 3.43. The van der Waals surface area contributed by atoms with Crippen molar-refractivity contribution in [3.05, 3.63) is 58.7 Å². The van der Waals surface area contributed by atoms with Crippen molar-refractivity contribution in [1.82, 2.24) is 4.90 Å². The number of hydrogen-bond acceptors (Lipinski definition) is 4. The highest BCUT2D eigenvalue weighted by molar-refractivity contribution is 5.93. The number of nitrogens with one attached hydrogen (secondary N) is 1. The quantitative estimate of drug-likeness (QED) is 0.830. The second-order valence-electron chi connectivity index (χ2n) is 6.54. The van der Waals surface area contributed by atoms with Gasteiger partial charge < -0.3 is 10.1 Å². The number of ether oxygens (including phenoxy) is 1.